The van der Waals surface area contributed by atoms with Crippen LogP contribution in [0.15, 0.2) is 21.7 Å². The SMILES string of the molecule is N/C(CCCCNC(=O)c1ccc(Cl)o1)=N/O. The Balaban J connectivity index is 2.17. The quantitative estimate of drug-likeness (QED) is 0.237. The zero-order chi connectivity index (χ0) is 12.7. The largest absolute Gasteiger partial charge is 0.440 e. The zero-order valence-electron chi connectivity index (χ0n) is 9.15. The smallest absolute Gasteiger partial charge is 0.287 e. The van der Waals surface area contributed by atoms with Crippen molar-refractivity contribution in [3.63, 3.8) is 0 Å². The molecule has 0 saturated carbocycles. The number of hydrogen-bond acceptors (Lipinski definition) is 4. The second-order valence-corrected chi connectivity index (χ2v) is 3.78. The molecule has 6 nitrogen and oxygen atoms in total. The van der Waals surface area contributed by atoms with Gasteiger partial charge in [0, 0.05) is 13.0 Å². The summed E-state index contributed by atoms with van der Waals surface area (Å²) in [6.45, 7) is 0.496. The van der Waals surface area contributed by atoms with E-state index in [1.54, 1.807) is 0 Å². The van der Waals surface area contributed by atoms with E-state index in [1.165, 1.54) is 12.1 Å². The molecule has 0 unspecified atom stereocenters. The number of amides is 1. The number of unbranched alkanes of at least 4 members (excludes halogenated alkanes) is 1. The van der Waals surface area contributed by atoms with Crippen LogP contribution in [-0.4, -0.2) is 23.5 Å². The van der Waals surface area contributed by atoms with Gasteiger partial charge < -0.3 is 20.7 Å². The molecule has 1 amide bonds. The van der Waals surface area contributed by atoms with Gasteiger partial charge in [0.15, 0.2) is 11.0 Å². The fourth-order valence-corrected chi connectivity index (χ4v) is 1.35. The molecule has 0 aliphatic heterocycles. The van der Waals surface area contributed by atoms with Crippen LogP contribution in [0, 0.1) is 0 Å². The lowest BCUT2D eigenvalue weighted by molar-refractivity contribution is 0.0925. The van der Waals surface area contributed by atoms with E-state index in [2.05, 4.69) is 10.5 Å². The zero-order valence-corrected chi connectivity index (χ0v) is 9.91. The van der Waals surface area contributed by atoms with Gasteiger partial charge in [0.1, 0.15) is 5.84 Å². The summed E-state index contributed by atoms with van der Waals surface area (Å²) in [5, 5.41) is 14.0. The maximum atomic E-state index is 11.5. The highest BCUT2D eigenvalue weighted by molar-refractivity contribution is 6.29. The molecular weight excluding hydrogens is 246 g/mol. The van der Waals surface area contributed by atoms with Gasteiger partial charge in [0.2, 0.25) is 0 Å². The van der Waals surface area contributed by atoms with Gasteiger partial charge in [0.25, 0.3) is 5.91 Å². The molecule has 0 aliphatic carbocycles. The van der Waals surface area contributed by atoms with Crippen LogP contribution < -0.4 is 11.1 Å². The molecule has 0 aromatic carbocycles. The first-order chi connectivity index (χ1) is 8.13. The molecule has 1 rings (SSSR count). The summed E-state index contributed by atoms with van der Waals surface area (Å²) in [5.41, 5.74) is 5.29. The number of carbonyl (C=O) groups is 1. The average molecular weight is 260 g/mol. The summed E-state index contributed by atoms with van der Waals surface area (Å²) >= 11 is 5.54. The molecule has 0 saturated heterocycles. The van der Waals surface area contributed by atoms with Crippen molar-refractivity contribution >= 4 is 23.3 Å². The molecule has 0 atom stereocenters. The molecule has 94 valence electrons. The first-order valence-corrected chi connectivity index (χ1v) is 5.51. The van der Waals surface area contributed by atoms with E-state index in [4.69, 9.17) is 27.0 Å². The van der Waals surface area contributed by atoms with Crippen molar-refractivity contribution in [2.24, 2.45) is 10.9 Å². The lowest BCUT2D eigenvalue weighted by atomic mass is 10.2. The summed E-state index contributed by atoms with van der Waals surface area (Å²) in [6, 6.07) is 3.02. The normalized spacial score (nSPS) is 11.5. The van der Waals surface area contributed by atoms with E-state index < -0.39 is 0 Å². The highest BCUT2D eigenvalue weighted by Crippen LogP contribution is 2.12. The molecule has 17 heavy (non-hydrogen) atoms. The first-order valence-electron chi connectivity index (χ1n) is 5.13. The number of oxime groups is 1. The van der Waals surface area contributed by atoms with Crippen LogP contribution >= 0.6 is 11.6 Å². The van der Waals surface area contributed by atoms with Crippen LogP contribution in [0.3, 0.4) is 0 Å². The number of nitrogens with one attached hydrogen (secondary N) is 1. The Kier molecular flexibility index (Phi) is 5.35. The van der Waals surface area contributed by atoms with Crippen molar-refractivity contribution in [1.29, 1.82) is 0 Å². The van der Waals surface area contributed by atoms with Crippen LogP contribution in [-0.2, 0) is 0 Å². The first kappa shape index (κ1) is 13.4. The number of halogens is 1. The lowest BCUT2D eigenvalue weighted by Crippen LogP contribution is -2.24. The molecule has 0 spiro atoms. The second-order valence-electron chi connectivity index (χ2n) is 3.41. The molecule has 1 aromatic heterocycles. The molecule has 4 N–H and O–H groups in total. The molecule has 0 fully saturated rings. The number of hydrogen-bond donors (Lipinski definition) is 3. The van der Waals surface area contributed by atoms with Crippen LogP contribution in [0.4, 0.5) is 0 Å². The predicted octanol–water partition coefficient (Wildman–Crippen LogP) is 1.58. The number of nitrogens with zero attached hydrogens (tertiary/aromatic N) is 1. The third kappa shape index (κ3) is 4.78. The number of rotatable bonds is 6. The third-order valence-corrected chi connectivity index (χ3v) is 2.27. The van der Waals surface area contributed by atoms with Crippen molar-refractivity contribution in [2.45, 2.75) is 19.3 Å². The van der Waals surface area contributed by atoms with Gasteiger partial charge in [-0.25, -0.2) is 0 Å². The molecule has 7 heteroatoms. The summed E-state index contributed by atoms with van der Waals surface area (Å²) in [7, 11) is 0. The standard InChI is InChI=1S/C10H14ClN3O3/c11-8-5-4-7(17-8)10(15)13-6-2-1-3-9(12)14-16/h4-5,16H,1-3,6H2,(H2,12,14)(H,13,15). The van der Waals surface area contributed by atoms with Gasteiger partial charge in [-0.05, 0) is 36.6 Å². The van der Waals surface area contributed by atoms with Crippen molar-refractivity contribution in [2.75, 3.05) is 6.54 Å². The van der Waals surface area contributed by atoms with Gasteiger partial charge in [-0.3, -0.25) is 4.79 Å². The minimum absolute atomic E-state index is 0.182. The van der Waals surface area contributed by atoms with Gasteiger partial charge in [-0.15, -0.1) is 0 Å². The van der Waals surface area contributed by atoms with Gasteiger partial charge in [-0.2, -0.15) is 0 Å². The second kappa shape index (κ2) is 6.80. The van der Waals surface area contributed by atoms with E-state index in [1.807, 2.05) is 0 Å². The van der Waals surface area contributed by atoms with Crippen LogP contribution in [0.2, 0.25) is 5.22 Å². The number of carbonyl (C=O) groups excluding carboxylic acids is 1. The highest BCUT2D eigenvalue weighted by atomic mass is 35.5. The average Bonchev–Trinajstić information content (AvgIpc) is 2.75. The van der Waals surface area contributed by atoms with Crippen molar-refractivity contribution in [1.82, 2.24) is 5.32 Å². The Hall–Kier alpha value is -1.69. The van der Waals surface area contributed by atoms with Crippen molar-refractivity contribution in [3.05, 3.63) is 23.1 Å². The Morgan fingerprint density at radius 1 is 1.53 bits per heavy atom. The van der Waals surface area contributed by atoms with Crippen molar-refractivity contribution < 1.29 is 14.4 Å². The van der Waals surface area contributed by atoms with Crippen LogP contribution in [0.5, 0.6) is 0 Å². The Morgan fingerprint density at radius 2 is 2.29 bits per heavy atom. The Morgan fingerprint density at radius 3 is 2.88 bits per heavy atom. The summed E-state index contributed by atoms with van der Waals surface area (Å²) in [4.78, 5) is 11.5. The van der Waals surface area contributed by atoms with Crippen LogP contribution in [0.1, 0.15) is 29.8 Å². The van der Waals surface area contributed by atoms with Gasteiger partial charge >= 0.3 is 0 Å². The fourth-order valence-electron chi connectivity index (χ4n) is 1.21. The number of nitrogens with two attached hydrogens (primary N) is 1. The molecule has 1 heterocycles. The van der Waals surface area contributed by atoms with E-state index in [0.29, 0.717) is 13.0 Å². The van der Waals surface area contributed by atoms with Crippen molar-refractivity contribution in [3.8, 4) is 0 Å². The van der Waals surface area contributed by atoms with E-state index >= 15 is 0 Å². The number of amidine groups is 1. The third-order valence-electron chi connectivity index (χ3n) is 2.07. The fraction of sp³-hybridized carbons (Fsp3) is 0.400. The monoisotopic (exact) mass is 259 g/mol. The molecular formula is C10H14ClN3O3. The van der Waals surface area contributed by atoms with Crippen LogP contribution in [0.25, 0.3) is 0 Å². The summed E-state index contributed by atoms with van der Waals surface area (Å²) < 4.78 is 4.94. The molecule has 0 bridgehead atoms. The molecule has 1 aromatic rings. The maximum Gasteiger partial charge on any atom is 0.287 e. The summed E-state index contributed by atoms with van der Waals surface area (Å²) in [5.74, 6) is 0.0706. The topological polar surface area (TPSA) is 101 Å². The molecule has 0 aliphatic rings. The summed E-state index contributed by atoms with van der Waals surface area (Å²) in [6.07, 6.45) is 1.96. The minimum Gasteiger partial charge on any atom is -0.440 e. The Labute approximate surface area is 103 Å². The van der Waals surface area contributed by atoms with Gasteiger partial charge in [0.05, 0.1) is 0 Å². The maximum absolute atomic E-state index is 11.5. The van der Waals surface area contributed by atoms with E-state index in [0.717, 1.165) is 12.8 Å². The highest BCUT2D eigenvalue weighted by Gasteiger charge is 2.09. The predicted molar refractivity (Wildman–Crippen MR) is 63.3 cm³/mol. The van der Waals surface area contributed by atoms with Gasteiger partial charge in [-0.1, -0.05) is 5.16 Å². The lowest BCUT2D eigenvalue weighted by Gasteiger charge is -2.02. The molecule has 0 radical (unpaired) electrons. The Bertz CT molecular complexity index is 403. The minimum atomic E-state index is -0.305. The van der Waals surface area contributed by atoms with E-state index in [9.17, 15) is 4.79 Å². The van der Waals surface area contributed by atoms with E-state index in [-0.39, 0.29) is 22.7 Å². The number of furan rings is 1.